The van der Waals surface area contributed by atoms with E-state index in [4.69, 9.17) is 0 Å². The summed E-state index contributed by atoms with van der Waals surface area (Å²) in [5, 5.41) is 13.3. The molecule has 4 nitrogen and oxygen atoms in total. The van der Waals surface area contributed by atoms with Crippen LogP contribution in [0.3, 0.4) is 0 Å². The van der Waals surface area contributed by atoms with Crippen LogP contribution in [0.2, 0.25) is 0 Å². The summed E-state index contributed by atoms with van der Waals surface area (Å²) >= 11 is 0. The summed E-state index contributed by atoms with van der Waals surface area (Å²) in [6, 6.07) is 14.2. The van der Waals surface area contributed by atoms with Gasteiger partial charge in [0.1, 0.15) is 0 Å². The first-order chi connectivity index (χ1) is 10.5. The number of Topliss-reactive ketones (excluding diaryl/α,β-unsaturated/α-hetero) is 1. The maximum atomic E-state index is 12.4. The predicted octanol–water partition coefficient (Wildman–Crippen LogP) is 2.66. The second-order valence-electron chi connectivity index (χ2n) is 5.51. The SMILES string of the molecule is CCc1ccc(C(=O)CC2(O)C(=O)Nc3ccccc32)cc1. The minimum Gasteiger partial charge on any atom is -0.375 e. The second-order valence-corrected chi connectivity index (χ2v) is 5.51. The number of anilines is 1. The number of aliphatic hydroxyl groups is 1. The molecule has 0 radical (unpaired) electrons. The molecule has 2 N–H and O–H groups in total. The van der Waals surface area contributed by atoms with Crippen LogP contribution in [0.1, 0.15) is 34.8 Å². The van der Waals surface area contributed by atoms with Gasteiger partial charge in [-0.2, -0.15) is 0 Å². The van der Waals surface area contributed by atoms with Crippen LogP contribution in [-0.4, -0.2) is 16.8 Å². The van der Waals surface area contributed by atoms with Gasteiger partial charge in [0.05, 0.1) is 6.42 Å². The highest BCUT2D eigenvalue weighted by molar-refractivity contribution is 6.09. The molecule has 0 spiro atoms. The number of rotatable bonds is 4. The van der Waals surface area contributed by atoms with Crippen molar-refractivity contribution in [3.8, 4) is 0 Å². The first kappa shape index (κ1) is 14.5. The monoisotopic (exact) mass is 295 g/mol. The van der Waals surface area contributed by atoms with E-state index in [0.29, 0.717) is 16.8 Å². The molecular weight excluding hydrogens is 278 g/mol. The van der Waals surface area contributed by atoms with Crippen LogP contribution in [0, 0.1) is 0 Å². The van der Waals surface area contributed by atoms with E-state index in [-0.39, 0.29) is 12.2 Å². The number of aryl methyl sites for hydroxylation is 1. The van der Waals surface area contributed by atoms with Gasteiger partial charge in [0.2, 0.25) is 0 Å². The molecule has 1 aliphatic heterocycles. The number of fused-ring (bicyclic) bond motifs is 1. The van der Waals surface area contributed by atoms with Crippen molar-refractivity contribution in [1.82, 2.24) is 0 Å². The first-order valence-electron chi connectivity index (χ1n) is 7.30. The molecule has 1 aliphatic rings. The summed E-state index contributed by atoms with van der Waals surface area (Å²) in [7, 11) is 0. The lowest BCUT2D eigenvalue weighted by Gasteiger charge is -2.20. The number of nitrogens with one attached hydrogen (secondary N) is 1. The Labute approximate surface area is 128 Å². The molecule has 1 amide bonds. The van der Waals surface area contributed by atoms with E-state index in [1.54, 1.807) is 36.4 Å². The number of carbonyl (C=O) groups is 2. The summed E-state index contributed by atoms with van der Waals surface area (Å²) in [6.45, 7) is 2.04. The van der Waals surface area contributed by atoms with Crippen LogP contribution >= 0.6 is 0 Å². The van der Waals surface area contributed by atoms with Crippen LogP contribution in [-0.2, 0) is 16.8 Å². The third kappa shape index (κ3) is 2.31. The average Bonchev–Trinajstić information content (AvgIpc) is 2.79. The van der Waals surface area contributed by atoms with Gasteiger partial charge in [0.15, 0.2) is 11.4 Å². The van der Waals surface area contributed by atoms with Crippen molar-refractivity contribution in [2.45, 2.75) is 25.4 Å². The number of hydrogen-bond acceptors (Lipinski definition) is 3. The number of para-hydroxylation sites is 1. The van der Waals surface area contributed by atoms with Crippen molar-refractivity contribution >= 4 is 17.4 Å². The molecule has 0 aromatic heterocycles. The van der Waals surface area contributed by atoms with E-state index in [1.165, 1.54) is 0 Å². The van der Waals surface area contributed by atoms with E-state index >= 15 is 0 Å². The molecule has 0 saturated carbocycles. The van der Waals surface area contributed by atoms with Gasteiger partial charge in [-0.1, -0.05) is 49.4 Å². The zero-order chi connectivity index (χ0) is 15.7. The highest BCUT2D eigenvalue weighted by Gasteiger charge is 2.46. The van der Waals surface area contributed by atoms with Gasteiger partial charge in [-0.15, -0.1) is 0 Å². The zero-order valence-electron chi connectivity index (χ0n) is 12.3. The standard InChI is InChI=1S/C18H17NO3/c1-2-12-7-9-13(10-8-12)16(20)11-18(22)14-5-3-4-6-15(14)19-17(18)21/h3-10,22H,2,11H2,1H3,(H,19,21). The van der Waals surface area contributed by atoms with Gasteiger partial charge in [-0.05, 0) is 18.1 Å². The van der Waals surface area contributed by atoms with Crippen molar-refractivity contribution in [3.63, 3.8) is 0 Å². The highest BCUT2D eigenvalue weighted by Crippen LogP contribution is 2.38. The second kappa shape index (κ2) is 5.39. The smallest absolute Gasteiger partial charge is 0.261 e. The van der Waals surface area contributed by atoms with Crippen LogP contribution in [0.5, 0.6) is 0 Å². The Bertz CT molecular complexity index is 736. The number of hydrogen-bond donors (Lipinski definition) is 2. The quantitative estimate of drug-likeness (QED) is 0.852. The third-order valence-electron chi connectivity index (χ3n) is 4.10. The average molecular weight is 295 g/mol. The van der Waals surface area contributed by atoms with Crippen molar-refractivity contribution < 1.29 is 14.7 Å². The normalized spacial score (nSPS) is 19.6. The molecule has 112 valence electrons. The summed E-state index contributed by atoms with van der Waals surface area (Å²) in [6.07, 6.45) is 0.634. The summed E-state index contributed by atoms with van der Waals surface area (Å²) < 4.78 is 0. The van der Waals surface area contributed by atoms with Gasteiger partial charge in [-0.3, -0.25) is 9.59 Å². The Balaban J connectivity index is 1.88. The van der Waals surface area contributed by atoms with Gasteiger partial charge in [0.25, 0.3) is 5.91 Å². The van der Waals surface area contributed by atoms with Crippen molar-refractivity contribution in [2.24, 2.45) is 0 Å². The number of benzene rings is 2. The molecule has 0 fully saturated rings. The van der Waals surface area contributed by atoms with Crippen LogP contribution in [0.4, 0.5) is 5.69 Å². The van der Waals surface area contributed by atoms with Gasteiger partial charge < -0.3 is 10.4 Å². The van der Waals surface area contributed by atoms with E-state index in [9.17, 15) is 14.7 Å². The minimum atomic E-state index is -1.79. The fraction of sp³-hybridized carbons (Fsp3) is 0.222. The number of ketones is 1. The molecule has 1 unspecified atom stereocenters. The summed E-state index contributed by atoms with van der Waals surface area (Å²) in [4.78, 5) is 24.5. The largest absolute Gasteiger partial charge is 0.375 e. The van der Waals surface area contributed by atoms with Crippen molar-refractivity contribution in [1.29, 1.82) is 0 Å². The molecule has 2 aromatic rings. The van der Waals surface area contributed by atoms with Gasteiger partial charge in [-0.25, -0.2) is 0 Å². The summed E-state index contributed by atoms with van der Waals surface area (Å²) in [5.41, 5.74) is 0.863. The fourth-order valence-electron chi connectivity index (χ4n) is 2.74. The topological polar surface area (TPSA) is 66.4 Å². The van der Waals surface area contributed by atoms with Crippen molar-refractivity contribution in [3.05, 3.63) is 65.2 Å². The fourth-order valence-corrected chi connectivity index (χ4v) is 2.74. The maximum absolute atomic E-state index is 12.4. The molecule has 0 saturated heterocycles. The lowest BCUT2D eigenvalue weighted by Crippen LogP contribution is -2.36. The minimum absolute atomic E-state index is 0.253. The maximum Gasteiger partial charge on any atom is 0.261 e. The Kier molecular flexibility index (Phi) is 3.54. The number of amides is 1. The van der Waals surface area contributed by atoms with E-state index in [1.807, 2.05) is 19.1 Å². The van der Waals surface area contributed by atoms with Gasteiger partial charge in [0, 0.05) is 16.8 Å². The van der Waals surface area contributed by atoms with Crippen LogP contribution in [0.25, 0.3) is 0 Å². The molecule has 0 bridgehead atoms. The van der Waals surface area contributed by atoms with E-state index in [2.05, 4.69) is 5.32 Å². The molecule has 1 heterocycles. The Hall–Kier alpha value is -2.46. The Morgan fingerprint density at radius 2 is 1.82 bits per heavy atom. The molecule has 2 aromatic carbocycles. The first-order valence-corrected chi connectivity index (χ1v) is 7.30. The highest BCUT2D eigenvalue weighted by atomic mass is 16.3. The predicted molar refractivity (Wildman–Crippen MR) is 83.7 cm³/mol. The zero-order valence-corrected chi connectivity index (χ0v) is 12.3. The third-order valence-corrected chi connectivity index (χ3v) is 4.10. The van der Waals surface area contributed by atoms with E-state index < -0.39 is 11.5 Å². The molecule has 3 rings (SSSR count). The molecule has 22 heavy (non-hydrogen) atoms. The summed E-state index contributed by atoms with van der Waals surface area (Å²) in [5.74, 6) is -0.802. The van der Waals surface area contributed by atoms with Gasteiger partial charge >= 0.3 is 0 Å². The Morgan fingerprint density at radius 3 is 2.50 bits per heavy atom. The molecular formula is C18H17NO3. The molecule has 1 atom stereocenters. The Morgan fingerprint density at radius 1 is 1.14 bits per heavy atom. The lowest BCUT2D eigenvalue weighted by molar-refractivity contribution is -0.133. The molecule has 0 aliphatic carbocycles. The van der Waals surface area contributed by atoms with Crippen molar-refractivity contribution in [2.75, 3.05) is 5.32 Å². The van der Waals surface area contributed by atoms with Crippen LogP contribution < -0.4 is 5.32 Å². The van der Waals surface area contributed by atoms with E-state index in [0.717, 1.165) is 12.0 Å². The molecule has 4 heteroatoms. The van der Waals surface area contributed by atoms with Crippen LogP contribution in [0.15, 0.2) is 48.5 Å². The lowest BCUT2D eigenvalue weighted by atomic mass is 9.88. The number of carbonyl (C=O) groups excluding carboxylic acids is 2.